The van der Waals surface area contributed by atoms with Crippen LogP contribution in [0.15, 0.2) is 0 Å². The van der Waals surface area contributed by atoms with Crippen LogP contribution in [0.4, 0.5) is 4.79 Å². The van der Waals surface area contributed by atoms with Crippen molar-refractivity contribution < 1.29 is 24.2 Å². The summed E-state index contributed by atoms with van der Waals surface area (Å²) in [6.45, 7) is 5.94. The van der Waals surface area contributed by atoms with Crippen LogP contribution in [0.5, 0.6) is 0 Å². The van der Waals surface area contributed by atoms with Crippen molar-refractivity contribution in [3.63, 3.8) is 0 Å². The lowest BCUT2D eigenvalue weighted by Crippen LogP contribution is -2.50. The number of piperidine rings is 1. The smallest absolute Gasteiger partial charge is 0.410 e. The number of carbonyl (C=O) groups is 2. The Bertz CT molecular complexity index is 449. The van der Waals surface area contributed by atoms with Gasteiger partial charge in [-0.1, -0.05) is 0 Å². The predicted molar refractivity (Wildman–Crippen MR) is 87.7 cm³/mol. The van der Waals surface area contributed by atoms with Gasteiger partial charge in [0.1, 0.15) is 11.7 Å². The van der Waals surface area contributed by atoms with Crippen LogP contribution in [0.25, 0.3) is 0 Å². The fourth-order valence-corrected chi connectivity index (χ4v) is 3.17. The van der Waals surface area contributed by atoms with E-state index in [1.807, 2.05) is 7.05 Å². The Balaban J connectivity index is 1.81. The molecule has 2 saturated heterocycles. The molecule has 2 amide bonds. The third-order valence-electron chi connectivity index (χ3n) is 4.81. The number of aliphatic hydroxyl groups is 1. The van der Waals surface area contributed by atoms with Crippen molar-refractivity contribution in [1.29, 1.82) is 0 Å². The van der Waals surface area contributed by atoms with Crippen molar-refractivity contribution >= 4 is 12.0 Å². The van der Waals surface area contributed by atoms with E-state index in [1.165, 1.54) is 6.92 Å². The molecule has 0 radical (unpaired) electrons. The van der Waals surface area contributed by atoms with Gasteiger partial charge in [0.2, 0.25) is 0 Å². The van der Waals surface area contributed by atoms with Crippen molar-refractivity contribution in [2.45, 2.75) is 31.5 Å². The summed E-state index contributed by atoms with van der Waals surface area (Å²) in [5.74, 6) is -0.259. The average Bonchev–Trinajstić information content (AvgIpc) is 2.86. The molecule has 1 N–H and O–H groups in total. The van der Waals surface area contributed by atoms with Gasteiger partial charge in [0.05, 0.1) is 13.2 Å². The number of rotatable bonds is 7. The fraction of sp³-hybridized carbons (Fsp3) is 0.875. The monoisotopic (exact) mass is 343 g/mol. The van der Waals surface area contributed by atoms with E-state index in [1.54, 1.807) is 16.9 Å². The van der Waals surface area contributed by atoms with Gasteiger partial charge in [0, 0.05) is 52.7 Å². The molecule has 8 heteroatoms. The molecule has 8 nitrogen and oxygen atoms in total. The third kappa shape index (κ3) is 4.58. The highest BCUT2D eigenvalue weighted by Gasteiger charge is 2.47. The molecule has 2 fully saturated rings. The zero-order valence-corrected chi connectivity index (χ0v) is 14.9. The summed E-state index contributed by atoms with van der Waals surface area (Å²) in [4.78, 5) is 29.5. The van der Waals surface area contributed by atoms with Crippen molar-refractivity contribution in [2.24, 2.45) is 0 Å². The Labute approximate surface area is 143 Å². The van der Waals surface area contributed by atoms with Crippen molar-refractivity contribution in [3.8, 4) is 0 Å². The van der Waals surface area contributed by atoms with Gasteiger partial charge in [0.15, 0.2) is 0 Å². The molecule has 2 heterocycles. The number of nitrogens with zero attached hydrogens (tertiary/aromatic N) is 3. The summed E-state index contributed by atoms with van der Waals surface area (Å²) < 4.78 is 10.7. The number of likely N-dealkylation sites (tertiary alicyclic amines) is 1. The molecule has 0 aliphatic carbocycles. The van der Waals surface area contributed by atoms with Gasteiger partial charge < -0.3 is 29.3 Å². The number of hydrogen-bond donors (Lipinski definition) is 1. The molecule has 2 aliphatic rings. The molecule has 0 aromatic carbocycles. The van der Waals surface area contributed by atoms with Crippen LogP contribution in [0.3, 0.4) is 0 Å². The summed E-state index contributed by atoms with van der Waals surface area (Å²) in [6, 6.07) is 0. The highest BCUT2D eigenvalue weighted by molar-refractivity contribution is 5.80. The zero-order chi connectivity index (χ0) is 17.7. The molecule has 2 aliphatic heterocycles. The van der Waals surface area contributed by atoms with E-state index in [2.05, 4.69) is 4.90 Å². The van der Waals surface area contributed by atoms with E-state index in [-0.39, 0.29) is 12.0 Å². The van der Waals surface area contributed by atoms with Gasteiger partial charge in [-0.2, -0.15) is 0 Å². The van der Waals surface area contributed by atoms with Crippen LogP contribution in [0.2, 0.25) is 0 Å². The summed E-state index contributed by atoms with van der Waals surface area (Å²) >= 11 is 0. The minimum absolute atomic E-state index is 0.259. The first-order chi connectivity index (χ1) is 11.4. The second-order valence-corrected chi connectivity index (χ2v) is 6.77. The Morgan fingerprint density at radius 2 is 2.08 bits per heavy atom. The molecule has 138 valence electrons. The maximum Gasteiger partial charge on any atom is 0.410 e. The summed E-state index contributed by atoms with van der Waals surface area (Å²) in [5, 5.41) is 9.40. The predicted octanol–water partition coefficient (Wildman–Crippen LogP) is -0.241. The normalized spacial score (nSPS) is 21.5. The Kier molecular flexibility index (Phi) is 6.42. The Hall–Kier alpha value is -1.38. The molecule has 0 saturated carbocycles. The van der Waals surface area contributed by atoms with E-state index in [0.29, 0.717) is 45.6 Å². The molecule has 2 rings (SSSR count). The fourth-order valence-electron chi connectivity index (χ4n) is 3.17. The van der Waals surface area contributed by atoms with Gasteiger partial charge in [0.25, 0.3) is 5.91 Å². The van der Waals surface area contributed by atoms with Crippen molar-refractivity contribution in [3.05, 3.63) is 0 Å². The molecule has 1 spiro atoms. The van der Waals surface area contributed by atoms with E-state index in [4.69, 9.17) is 9.47 Å². The van der Waals surface area contributed by atoms with Crippen LogP contribution in [-0.2, 0) is 14.3 Å². The minimum atomic E-state index is -0.982. The topological polar surface area (TPSA) is 82.6 Å². The van der Waals surface area contributed by atoms with Gasteiger partial charge in [-0.3, -0.25) is 4.79 Å². The van der Waals surface area contributed by atoms with E-state index >= 15 is 0 Å². The molecule has 0 unspecified atom stereocenters. The van der Waals surface area contributed by atoms with Gasteiger partial charge in [-0.25, -0.2) is 4.79 Å². The van der Waals surface area contributed by atoms with Crippen LogP contribution in [-0.4, -0.2) is 104 Å². The average molecular weight is 343 g/mol. The molecule has 0 aromatic heterocycles. The first-order valence-corrected chi connectivity index (χ1v) is 8.49. The quantitative estimate of drug-likeness (QED) is 0.687. The minimum Gasteiger partial charge on any atom is -0.441 e. The molecular weight excluding hydrogens is 314 g/mol. The molecule has 0 bridgehead atoms. The summed E-state index contributed by atoms with van der Waals surface area (Å²) in [7, 11) is 3.67. The SMILES string of the molecule is COCCN(C)CCN1CC2(CCN(C(=O)[C@@H](C)O)CC2)OC1=O. The van der Waals surface area contributed by atoms with Crippen LogP contribution in [0.1, 0.15) is 19.8 Å². The number of methoxy groups -OCH3 is 1. The number of amides is 2. The van der Waals surface area contributed by atoms with E-state index in [0.717, 1.165) is 13.1 Å². The van der Waals surface area contributed by atoms with Crippen LogP contribution < -0.4 is 0 Å². The number of ether oxygens (including phenoxy) is 2. The second kappa shape index (κ2) is 8.13. The lowest BCUT2D eigenvalue weighted by Gasteiger charge is -2.37. The van der Waals surface area contributed by atoms with Gasteiger partial charge >= 0.3 is 6.09 Å². The van der Waals surface area contributed by atoms with Crippen LogP contribution >= 0.6 is 0 Å². The first-order valence-electron chi connectivity index (χ1n) is 8.49. The van der Waals surface area contributed by atoms with Crippen molar-refractivity contribution in [1.82, 2.24) is 14.7 Å². The Morgan fingerprint density at radius 1 is 1.42 bits per heavy atom. The largest absolute Gasteiger partial charge is 0.441 e. The summed E-state index contributed by atoms with van der Waals surface area (Å²) in [6.07, 6.45) is -0.0183. The number of aliphatic hydroxyl groups excluding tert-OH is 1. The highest BCUT2D eigenvalue weighted by atomic mass is 16.6. The lowest BCUT2D eigenvalue weighted by molar-refractivity contribution is -0.142. The molecule has 1 atom stereocenters. The molecule has 24 heavy (non-hydrogen) atoms. The molecular formula is C16H29N3O5. The maximum absolute atomic E-state index is 12.1. The highest BCUT2D eigenvalue weighted by Crippen LogP contribution is 2.33. The van der Waals surface area contributed by atoms with E-state index in [9.17, 15) is 14.7 Å². The Morgan fingerprint density at radius 3 is 2.67 bits per heavy atom. The standard InChI is InChI=1S/C16H29N3O5/c1-13(20)14(21)18-6-4-16(5-7-18)12-19(15(22)24-16)9-8-17(2)10-11-23-3/h13,20H,4-12H2,1-3H3/t13-/m1/s1. The lowest BCUT2D eigenvalue weighted by atomic mass is 9.91. The maximum atomic E-state index is 12.1. The van der Waals surface area contributed by atoms with Crippen LogP contribution in [0, 0.1) is 0 Å². The number of hydrogen-bond acceptors (Lipinski definition) is 6. The van der Waals surface area contributed by atoms with E-state index < -0.39 is 11.7 Å². The summed E-state index contributed by atoms with van der Waals surface area (Å²) in [5.41, 5.74) is -0.488. The van der Waals surface area contributed by atoms with Crippen molar-refractivity contribution in [2.75, 3.05) is 60.0 Å². The number of likely N-dealkylation sites (N-methyl/N-ethyl adjacent to an activating group) is 1. The second-order valence-electron chi connectivity index (χ2n) is 6.77. The number of carbonyl (C=O) groups excluding carboxylic acids is 2. The van der Waals surface area contributed by atoms with Gasteiger partial charge in [-0.15, -0.1) is 0 Å². The van der Waals surface area contributed by atoms with Gasteiger partial charge in [-0.05, 0) is 14.0 Å². The third-order valence-corrected chi connectivity index (χ3v) is 4.81. The zero-order valence-electron chi connectivity index (χ0n) is 14.9. The first kappa shape index (κ1) is 19.0. The molecule has 0 aromatic rings.